The van der Waals surface area contributed by atoms with Crippen molar-refractivity contribution < 1.29 is 0 Å². The Morgan fingerprint density at radius 1 is 1.08 bits per heavy atom. The quantitative estimate of drug-likeness (QED) is 0.579. The van der Waals surface area contributed by atoms with Crippen LogP contribution in [0.3, 0.4) is 0 Å². The average molecular weight is 177 g/mol. The highest BCUT2D eigenvalue weighted by Gasteiger charge is 2.16. The second-order valence-corrected chi connectivity index (χ2v) is 9.50. The Morgan fingerprint density at radius 3 is 2.08 bits per heavy atom. The summed E-state index contributed by atoms with van der Waals surface area (Å²) in [4.78, 5) is 0. The molecule has 0 bridgehead atoms. The van der Waals surface area contributed by atoms with Gasteiger partial charge in [-0.1, -0.05) is 37.0 Å². The van der Waals surface area contributed by atoms with Crippen molar-refractivity contribution in [3.63, 3.8) is 0 Å². The fraction of sp³-hybridized carbons (Fsp3) is 0.455. The zero-order chi connectivity index (χ0) is 9.35. The minimum absolute atomic E-state index is 1.14. The van der Waals surface area contributed by atoms with Gasteiger partial charge >= 0.3 is 0 Å². The van der Waals surface area contributed by atoms with Gasteiger partial charge in [0.1, 0.15) is 0 Å². The van der Waals surface area contributed by atoms with Crippen LogP contribution in [0.2, 0.25) is 19.6 Å². The van der Waals surface area contributed by atoms with Crippen LogP contribution < -0.4 is 5.19 Å². The Labute approximate surface area is 76.6 Å². The smallest absolute Gasteiger partial charge is 0.0656 e. The Morgan fingerprint density at radius 2 is 1.67 bits per heavy atom. The van der Waals surface area contributed by atoms with Crippen LogP contribution >= 0.6 is 0 Å². The average Bonchev–Trinajstić information content (AvgIpc) is 1.92. The summed E-state index contributed by atoms with van der Waals surface area (Å²) in [5.41, 5.74) is 2.74. The molecule has 0 nitrogen and oxygen atoms in total. The van der Waals surface area contributed by atoms with E-state index in [1.165, 1.54) is 16.3 Å². The van der Waals surface area contributed by atoms with E-state index in [4.69, 9.17) is 0 Å². The molecule has 0 saturated carbocycles. The molecular formula is C11H17Si. The molecular weight excluding hydrogens is 160 g/mol. The van der Waals surface area contributed by atoms with Gasteiger partial charge in [-0.15, -0.1) is 0 Å². The van der Waals surface area contributed by atoms with E-state index in [2.05, 4.69) is 51.7 Å². The molecule has 0 aliphatic heterocycles. The molecule has 0 fully saturated rings. The maximum absolute atomic E-state index is 3.38. The second-order valence-electron chi connectivity index (χ2n) is 4.46. The molecule has 1 aromatic rings. The number of hydrogen-bond acceptors (Lipinski definition) is 0. The molecule has 1 rings (SSSR count). The van der Waals surface area contributed by atoms with E-state index in [1.807, 2.05) is 0 Å². The lowest BCUT2D eigenvalue weighted by Gasteiger charge is -2.17. The van der Waals surface area contributed by atoms with Crippen molar-refractivity contribution >= 4 is 13.3 Å². The van der Waals surface area contributed by atoms with Crippen LogP contribution in [0, 0.1) is 19.9 Å². The maximum Gasteiger partial charge on any atom is 0.0784 e. The molecule has 12 heavy (non-hydrogen) atoms. The third kappa shape index (κ3) is 1.98. The van der Waals surface area contributed by atoms with Crippen LogP contribution in [0.1, 0.15) is 11.1 Å². The standard InChI is InChI=1S/C11H17Si/c1-9-6-7-11(8-10(9)2)12(3,4)5/h6,8H,1-5H3. The molecule has 0 aliphatic carbocycles. The van der Waals surface area contributed by atoms with Gasteiger partial charge in [0.25, 0.3) is 0 Å². The van der Waals surface area contributed by atoms with Gasteiger partial charge in [-0.3, -0.25) is 0 Å². The van der Waals surface area contributed by atoms with Crippen LogP contribution in [-0.2, 0) is 0 Å². The van der Waals surface area contributed by atoms with E-state index in [-0.39, 0.29) is 0 Å². The van der Waals surface area contributed by atoms with Crippen LogP contribution in [0.25, 0.3) is 0 Å². The summed E-state index contributed by atoms with van der Waals surface area (Å²) in [6.45, 7) is 11.4. The second kappa shape index (κ2) is 3.06. The van der Waals surface area contributed by atoms with Gasteiger partial charge in [0.15, 0.2) is 0 Å². The minimum Gasteiger partial charge on any atom is -0.0656 e. The molecule has 0 aromatic heterocycles. The lowest BCUT2D eigenvalue weighted by molar-refractivity contribution is 1.35. The van der Waals surface area contributed by atoms with Gasteiger partial charge in [-0.25, -0.2) is 0 Å². The van der Waals surface area contributed by atoms with Gasteiger partial charge in [0, 0.05) is 0 Å². The highest BCUT2D eigenvalue weighted by Crippen LogP contribution is 2.07. The molecule has 1 aromatic carbocycles. The SMILES string of the molecule is Cc1c[c]c([Si](C)(C)C)cc1C. The minimum atomic E-state index is -1.14. The van der Waals surface area contributed by atoms with Crippen molar-refractivity contribution in [1.29, 1.82) is 0 Å². The van der Waals surface area contributed by atoms with Crippen molar-refractivity contribution in [2.24, 2.45) is 0 Å². The largest absolute Gasteiger partial charge is 0.0784 e. The molecule has 0 atom stereocenters. The first kappa shape index (κ1) is 9.52. The molecule has 0 amide bonds. The van der Waals surface area contributed by atoms with Crippen molar-refractivity contribution in [3.8, 4) is 0 Å². The Kier molecular flexibility index (Phi) is 2.43. The number of hydrogen-bond donors (Lipinski definition) is 0. The van der Waals surface area contributed by atoms with Crippen molar-refractivity contribution in [2.75, 3.05) is 0 Å². The van der Waals surface area contributed by atoms with Crippen LogP contribution in [0.5, 0.6) is 0 Å². The molecule has 0 spiro atoms. The summed E-state index contributed by atoms with van der Waals surface area (Å²) in [5.74, 6) is 0. The van der Waals surface area contributed by atoms with E-state index < -0.39 is 8.07 Å². The first-order valence-corrected chi connectivity index (χ1v) is 7.90. The summed E-state index contributed by atoms with van der Waals surface area (Å²) in [6.07, 6.45) is 0. The van der Waals surface area contributed by atoms with Crippen LogP contribution in [-0.4, -0.2) is 8.07 Å². The highest BCUT2D eigenvalue weighted by atomic mass is 28.3. The normalized spacial score (nSPS) is 11.8. The third-order valence-electron chi connectivity index (χ3n) is 2.24. The first-order valence-electron chi connectivity index (χ1n) is 4.40. The van der Waals surface area contributed by atoms with E-state index in [0.29, 0.717) is 0 Å². The maximum atomic E-state index is 3.38. The zero-order valence-electron chi connectivity index (χ0n) is 8.65. The summed E-state index contributed by atoms with van der Waals surface area (Å²) < 4.78 is 0. The molecule has 0 heterocycles. The third-order valence-corrected chi connectivity index (χ3v) is 4.14. The molecule has 65 valence electrons. The van der Waals surface area contributed by atoms with E-state index in [9.17, 15) is 0 Å². The van der Waals surface area contributed by atoms with E-state index in [1.54, 1.807) is 0 Å². The molecule has 1 heteroatoms. The number of aryl methyl sites for hydroxylation is 2. The van der Waals surface area contributed by atoms with Gasteiger partial charge in [0.2, 0.25) is 0 Å². The summed E-state index contributed by atoms with van der Waals surface area (Å²) >= 11 is 0. The predicted octanol–water partition coefficient (Wildman–Crippen LogP) is 2.65. The molecule has 0 saturated heterocycles. The Balaban J connectivity index is 3.14. The van der Waals surface area contributed by atoms with Gasteiger partial charge in [0.05, 0.1) is 8.07 Å². The Hall–Kier alpha value is -0.563. The number of rotatable bonds is 1. The van der Waals surface area contributed by atoms with Crippen molar-refractivity contribution in [2.45, 2.75) is 33.5 Å². The molecule has 0 N–H and O–H groups in total. The summed E-state index contributed by atoms with van der Waals surface area (Å²) in [7, 11) is -1.14. The molecule has 1 radical (unpaired) electrons. The van der Waals surface area contributed by atoms with Crippen molar-refractivity contribution in [1.82, 2.24) is 0 Å². The van der Waals surface area contributed by atoms with Crippen molar-refractivity contribution in [3.05, 3.63) is 29.3 Å². The van der Waals surface area contributed by atoms with Crippen LogP contribution in [0.4, 0.5) is 0 Å². The van der Waals surface area contributed by atoms with Gasteiger partial charge in [-0.05, 0) is 31.0 Å². The summed E-state index contributed by atoms with van der Waals surface area (Å²) in [6, 6.07) is 7.79. The molecule has 0 aliphatic rings. The highest BCUT2D eigenvalue weighted by molar-refractivity contribution is 6.88. The number of benzene rings is 1. The molecule has 0 unspecified atom stereocenters. The van der Waals surface area contributed by atoms with E-state index >= 15 is 0 Å². The Bertz CT molecular complexity index is 282. The van der Waals surface area contributed by atoms with Crippen LogP contribution in [0.15, 0.2) is 12.1 Å². The monoisotopic (exact) mass is 177 g/mol. The lowest BCUT2D eigenvalue weighted by atomic mass is 10.1. The van der Waals surface area contributed by atoms with Gasteiger partial charge < -0.3 is 0 Å². The summed E-state index contributed by atoms with van der Waals surface area (Å²) in [5, 5.41) is 1.44. The lowest BCUT2D eigenvalue weighted by Crippen LogP contribution is -2.37. The topological polar surface area (TPSA) is 0 Å². The fourth-order valence-corrected chi connectivity index (χ4v) is 2.26. The van der Waals surface area contributed by atoms with E-state index in [0.717, 1.165) is 0 Å². The fourth-order valence-electron chi connectivity index (χ4n) is 1.10. The zero-order valence-corrected chi connectivity index (χ0v) is 9.65. The first-order chi connectivity index (χ1) is 5.41. The predicted molar refractivity (Wildman–Crippen MR) is 57.7 cm³/mol. The van der Waals surface area contributed by atoms with Gasteiger partial charge in [-0.2, -0.15) is 0 Å².